The molecule has 0 heterocycles. The Labute approximate surface area is 69.9 Å². The third-order valence-electron chi connectivity index (χ3n) is 2.78. The molecule has 1 aliphatic rings. The van der Waals surface area contributed by atoms with Gasteiger partial charge in [-0.05, 0) is 19.3 Å². The smallest absolute Gasteiger partial charge is 0.0273 e. The Bertz CT molecular complexity index is 134. The zero-order valence-corrected chi connectivity index (χ0v) is 7.77. The summed E-state index contributed by atoms with van der Waals surface area (Å²) in [5.74, 6) is 0. The summed E-state index contributed by atoms with van der Waals surface area (Å²) >= 11 is 0. The molecule has 0 aromatic rings. The van der Waals surface area contributed by atoms with E-state index in [1.807, 2.05) is 7.05 Å². The van der Waals surface area contributed by atoms with Gasteiger partial charge in [-0.25, -0.2) is 0 Å². The number of aliphatic imine (C=N–C) groups is 1. The highest BCUT2D eigenvalue weighted by atomic mass is 14.7. The molecule has 0 aromatic carbocycles. The first-order valence-corrected chi connectivity index (χ1v) is 4.76. The van der Waals surface area contributed by atoms with E-state index in [-0.39, 0.29) is 0 Å². The highest BCUT2D eigenvalue weighted by Gasteiger charge is 2.33. The van der Waals surface area contributed by atoms with Crippen LogP contribution in [0.15, 0.2) is 4.99 Å². The Morgan fingerprint density at radius 2 is 2.18 bits per heavy atom. The molecule has 0 aliphatic heterocycles. The van der Waals surface area contributed by atoms with Crippen LogP contribution in [0.5, 0.6) is 0 Å². The Morgan fingerprint density at radius 1 is 1.45 bits per heavy atom. The van der Waals surface area contributed by atoms with Gasteiger partial charge in [0.25, 0.3) is 0 Å². The second kappa shape index (κ2) is 3.89. The summed E-state index contributed by atoms with van der Waals surface area (Å²) in [6.45, 7) is 2.26. The van der Waals surface area contributed by atoms with Gasteiger partial charge in [-0.15, -0.1) is 0 Å². The maximum absolute atomic E-state index is 4.16. The minimum Gasteiger partial charge on any atom is -0.300 e. The lowest BCUT2D eigenvalue weighted by molar-refractivity contribution is 0.216. The molecule has 0 spiro atoms. The quantitative estimate of drug-likeness (QED) is 0.550. The first-order valence-electron chi connectivity index (χ1n) is 4.76. The Kier molecular flexibility index (Phi) is 3.10. The van der Waals surface area contributed by atoms with Gasteiger partial charge >= 0.3 is 0 Å². The van der Waals surface area contributed by atoms with Gasteiger partial charge in [0.1, 0.15) is 0 Å². The van der Waals surface area contributed by atoms with Crippen LogP contribution < -0.4 is 0 Å². The predicted octanol–water partition coefficient (Wildman–Crippen LogP) is 3.05. The highest BCUT2D eigenvalue weighted by molar-refractivity contribution is 5.66. The second-order valence-corrected chi connectivity index (χ2v) is 3.71. The summed E-state index contributed by atoms with van der Waals surface area (Å²) in [6.07, 6.45) is 10.4. The molecule has 0 radical (unpaired) electrons. The standard InChI is InChI=1S/C10H19N/c1-3-4-6-10(9-11-2)7-5-8-10/h9H,3-8H2,1-2H3/b11-9+. The lowest BCUT2D eigenvalue weighted by Crippen LogP contribution is -2.30. The van der Waals surface area contributed by atoms with Crippen molar-refractivity contribution in [3.05, 3.63) is 0 Å². The molecule has 1 aliphatic carbocycles. The SMILES string of the molecule is CCCCC1(/C=N/C)CCC1. The zero-order chi connectivity index (χ0) is 8.16. The van der Waals surface area contributed by atoms with Gasteiger partial charge in [0.05, 0.1) is 0 Å². The summed E-state index contributed by atoms with van der Waals surface area (Å²) in [4.78, 5) is 4.16. The van der Waals surface area contributed by atoms with Crippen molar-refractivity contribution >= 4 is 6.21 Å². The van der Waals surface area contributed by atoms with E-state index in [1.165, 1.54) is 38.5 Å². The van der Waals surface area contributed by atoms with Gasteiger partial charge in [0.2, 0.25) is 0 Å². The first-order chi connectivity index (χ1) is 5.33. The third-order valence-corrected chi connectivity index (χ3v) is 2.78. The van der Waals surface area contributed by atoms with E-state index in [4.69, 9.17) is 0 Å². The van der Waals surface area contributed by atoms with Crippen LogP contribution in [0.1, 0.15) is 45.4 Å². The fraction of sp³-hybridized carbons (Fsp3) is 0.900. The molecule has 1 rings (SSSR count). The average Bonchev–Trinajstić information content (AvgIpc) is 1.95. The summed E-state index contributed by atoms with van der Waals surface area (Å²) in [6, 6.07) is 0. The van der Waals surface area contributed by atoms with E-state index in [0.717, 1.165) is 0 Å². The molecule has 0 amide bonds. The Balaban J connectivity index is 2.34. The minimum absolute atomic E-state index is 0.532. The largest absolute Gasteiger partial charge is 0.300 e. The van der Waals surface area contributed by atoms with E-state index in [1.54, 1.807) is 0 Å². The van der Waals surface area contributed by atoms with Gasteiger partial charge in [0.15, 0.2) is 0 Å². The van der Waals surface area contributed by atoms with Gasteiger partial charge in [-0.3, -0.25) is 0 Å². The van der Waals surface area contributed by atoms with Crippen molar-refractivity contribution in [1.29, 1.82) is 0 Å². The number of unbranched alkanes of at least 4 members (excludes halogenated alkanes) is 1. The molecular weight excluding hydrogens is 134 g/mol. The summed E-state index contributed by atoms with van der Waals surface area (Å²) in [7, 11) is 1.89. The fourth-order valence-electron chi connectivity index (χ4n) is 1.88. The summed E-state index contributed by atoms with van der Waals surface area (Å²) in [5, 5.41) is 0. The van der Waals surface area contributed by atoms with Crippen molar-refractivity contribution in [1.82, 2.24) is 0 Å². The van der Waals surface area contributed by atoms with Crippen LogP contribution in [0.2, 0.25) is 0 Å². The van der Waals surface area contributed by atoms with Crippen molar-refractivity contribution in [2.45, 2.75) is 45.4 Å². The average molecular weight is 153 g/mol. The lowest BCUT2D eigenvalue weighted by atomic mass is 9.67. The van der Waals surface area contributed by atoms with E-state index >= 15 is 0 Å². The van der Waals surface area contributed by atoms with Gasteiger partial charge < -0.3 is 4.99 Å². The van der Waals surface area contributed by atoms with Gasteiger partial charge in [-0.1, -0.05) is 26.2 Å². The normalized spacial score (nSPS) is 22.0. The van der Waals surface area contributed by atoms with Crippen molar-refractivity contribution in [3.8, 4) is 0 Å². The molecule has 11 heavy (non-hydrogen) atoms. The molecule has 1 heteroatoms. The number of hydrogen-bond donors (Lipinski definition) is 0. The lowest BCUT2D eigenvalue weighted by Gasteiger charge is -2.38. The maximum atomic E-state index is 4.16. The minimum atomic E-state index is 0.532. The molecule has 64 valence electrons. The van der Waals surface area contributed by atoms with Crippen molar-refractivity contribution in [3.63, 3.8) is 0 Å². The molecule has 0 N–H and O–H groups in total. The summed E-state index contributed by atoms with van der Waals surface area (Å²) < 4.78 is 0. The molecular formula is C10H19N. The van der Waals surface area contributed by atoms with Crippen LogP contribution in [-0.2, 0) is 0 Å². The fourth-order valence-corrected chi connectivity index (χ4v) is 1.88. The van der Waals surface area contributed by atoms with Crippen LogP contribution in [0.25, 0.3) is 0 Å². The molecule has 0 atom stereocenters. The maximum Gasteiger partial charge on any atom is 0.0273 e. The third kappa shape index (κ3) is 2.05. The molecule has 1 saturated carbocycles. The summed E-state index contributed by atoms with van der Waals surface area (Å²) in [5.41, 5.74) is 0.532. The van der Waals surface area contributed by atoms with E-state index in [9.17, 15) is 0 Å². The van der Waals surface area contributed by atoms with Crippen LogP contribution in [0.4, 0.5) is 0 Å². The molecule has 0 saturated heterocycles. The van der Waals surface area contributed by atoms with Crippen LogP contribution in [-0.4, -0.2) is 13.3 Å². The molecule has 0 aromatic heterocycles. The monoisotopic (exact) mass is 153 g/mol. The van der Waals surface area contributed by atoms with Gasteiger partial charge in [0, 0.05) is 18.7 Å². The van der Waals surface area contributed by atoms with E-state index in [2.05, 4.69) is 18.1 Å². The first kappa shape index (κ1) is 8.76. The molecule has 0 bridgehead atoms. The predicted molar refractivity (Wildman–Crippen MR) is 50.2 cm³/mol. The van der Waals surface area contributed by atoms with Crippen LogP contribution >= 0.6 is 0 Å². The topological polar surface area (TPSA) is 12.4 Å². The van der Waals surface area contributed by atoms with Crippen molar-refractivity contribution in [2.24, 2.45) is 10.4 Å². The number of nitrogens with zero attached hydrogens (tertiary/aromatic N) is 1. The number of rotatable bonds is 4. The van der Waals surface area contributed by atoms with E-state index < -0.39 is 0 Å². The van der Waals surface area contributed by atoms with Crippen molar-refractivity contribution in [2.75, 3.05) is 7.05 Å². The van der Waals surface area contributed by atoms with Gasteiger partial charge in [-0.2, -0.15) is 0 Å². The van der Waals surface area contributed by atoms with E-state index in [0.29, 0.717) is 5.41 Å². The molecule has 0 unspecified atom stereocenters. The Hall–Kier alpha value is -0.330. The highest BCUT2D eigenvalue weighted by Crippen LogP contribution is 2.43. The van der Waals surface area contributed by atoms with Crippen molar-refractivity contribution < 1.29 is 0 Å². The Morgan fingerprint density at radius 3 is 2.55 bits per heavy atom. The second-order valence-electron chi connectivity index (χ2n) is 3.71. The van der Waals surface area contributed by atoms with Crippen LogP contribution in [0, 0.1) is 5.41 Å². The zero-order valence-electron chi connectivity index (χ0n) is 7.77. The molecule has 1 nitrogen and oxygen atoms in total. The number of hydrogen-bond acceptors (Lipinski definition) is 1. The molecule has 1 fully saturated rings. The van der Waals surface area contributed by atoms with Crippen LogP contribution in [0.3, 0.4) is 0 Å².